The number of nitrogens with zero attached hydrogens (tertiary/aromatic N) is 2. The number of aromatic nitrogens is 1. The minimum atomic E-state index is -0.876. The van der Waals surface area contributed by atoms with Crippen molar-refractivity contribution in [1.29, 1.82) is 5.26 Å². The van der Waals surface area contributed by atoms with Gasteiger partial charge in [0, 0.05) is 12.7 Å². The van der Waals surface area contributed by atoms with Crippen molar-refractivity contribution in [3.63, 3.8) is 0 Å². The number of hydrogen-bond donors (Lipinski definition) is 1. The second kappa shape index (κ2) is 4.62. The van der Waals surface area contributed by atoms with Gasteiger partial charge in [-0.3, -0.25) is 0 Å². The summed E-state index contributed by atoms with van der Waals surface area (Å²) in [6.45, 7) is 0. The molecule has 0 saturated carbocycles. The molecule has 0 aliphatic rings. The number of rotatable bonds is 3. The zero-order valence-electron chi connectivity index (χ0n) is 8.60. The van der Waals surface area contributed by atoms with E-state index in [1.54, 1.807) is 19.2 Å². The van der Waals surface area contributed by atoms with E-state index in [0.29, 0.717) is 11.4 Å². The van der Waals surface area contributed by atoms with E-state index in [2.05, 4.69) is 4.74 Å². The quantitative estimate of drug-likeness (QED) is 0.744. The van der Waals surface area contributed by atoms with Gasteiger partial charge in [-0.2, -0.15) is 5.26 Å². The molecule has 5 nitrogen and oxygen atoms in total. The number of aliphatic hydroxyl groups is 1. The Balaban J connectivity index is 2.99. The van der Waals surface area contributed by atoms with Crippen molar-refractivity contribution in [3.8, 4) is 6.07 Å². The molecular formula is C10H12N2O3. The molecule has 0 aromatic carbocycles. The predicted molar refractivity (Wildman–Crippen MR) is 51.9 cm³/mol. The van der Waals surface area contributed by atoms with Gasteiger partial charge in [-0.15, -0.1) is 0 Å². The lowest BCUT2D eigenvalue weighted by atomic mass is 10.2. The third-order valence-corrected chi connectivity index (χ3v) is 2.18. The van der Waals surface area contributed by atoms with Gasteiger partial charge in [0.2, 0.25) is 0 Å². The van der Waals surface area contributed by atoms with Gasteiger partial charge in [0.05, 0.1) is 19.6 Å². The highest BCUT2D eigenvalue weighted by atomic mass is 16.5. The molecule has 5 heteroatoms. The Labute approximate surface area is 87.5 Å². The molecule has 80 valence electrons. The maximum absolute atomic E-state index is 11.2. The SMILES string of the molecule is COC(=O)c1ccc(C(O)CC#N)n1C. The van der Waals surface area contributed by atoms with Gasteiger partial charge >= 0.3 is 5.97 Å². The maximum atomic E-state index is 11.2. The third kappa shape index (κ3) is 2.17. The van der Waals surface area contributed by atoms with E-state index in [1.165, 1.54) is 11.7 Å². The first-order chi connectivity index (χ1) is 7.11. The van der Waals surface area contributed by atoms with E-state index in [4.69, 9.17) is 5.26 Å². The summed E-state index contributed by atoms with van der Waals surface area (Å²) in [4.78, 5) is 11.2. The van der Waals surface area contributed by atoms with Crippen LogP contribution in [-0.4, -0.2) is 22.8 Å². The highest BCUT2D eigenvalue weighted by Crippen LogP contribution is 2.18. The molecule has 0 amide bonds. The third-order valence-electron chi connectivity index (χ3n) is 2.18. The summed E-state index contributed by atoms with van der Waals surface area (Å²) in [7, 11) is 2.93. The average molecular weight is 208 g/mol. The predicted octanol–water partition coefficient (Wildman–Crippen LogP) is 0.759. The minimum absolute atomic E-state index is 0.00152. The van der Waals surface area contributed by atoms with Crippen molar-refractivity contribution >= 4 is 5.97 Å². The lowest BCUT2D eigenvalue weighted by Gasteiger charge is -2.09. The summed E-state index contributed by atoms with van der Waals surface area (Å²) < 4.78 is 6.09. The van der Waals surface area contributed by atoms with E-state index in [0.717, 1.165) is 0 Å². The first-order valence-corrected chi connectivity index (χ1v) is 4.40. The highest BCUT2D eigenvalue weighted by molar-refractivity contribution is 5.87. The van der Waals surface area contributed by atoms with Crippen molar-refractivity contribution < 1.29 is 14.6 Å². The molecule has 1 heterocycles. The van der Waals surface area contributed by atoms with Crippen LogP contribution >= 0.6 is 0 Å². The Kier molecular flexibility index (Phi) is 3.47. The Hall–Kier alpha value is -1.80. The molecule has 1 atom stereocenters. The smallest absolute Gasteiger partial charge is 0.354 e. The van der Waals surface area contributed by atoms with Crippen LogP contribution in [0.5, 0.6) is 0 Å². The number of nitriles is 1. The molecule has 0 fully saturated rings. The normalized spacial score (nSPS) is 11.9. The van der Waals surface area contributed by atoms with E-state index in [1.807, 2.05) is 6.07 Å². The van der Waals surface area contributed by atoms with Gasteiger partial charge in [-0.1, -0.05) is 0 Å². The number of aliphatic hydroxyl groups excluding tert-OH is 1. The molecule has 0 radical (unpaired) electrons. The summed E-state index contributed by atoms with van der Waals surface area (Å²) >= 11 is 0. The van der Waals surface area contributed by atoms with Gasteiger partial charge in [0.1, 0.15) is 11.8 Å². The number of esters is 1. The van der Waals surface area contributed by atoms with Crippen LogP contribution in [-0.2, 0) is 11.8 Å². The Morgan fingerprint density at radius 2 is 2.40 bits per heavy atom. The van der Waals surface area contributed by atoms with Gasteiger partial charge in [0.15, 0.2) is 0 Å². The molecule has 1 N–H and O–H groups in total. The summed E-state index contributed by atoms with van der Waals surface area (Å²) in [5.74, 6) is -0.465. The molecule has 1 aromatic heterocycles. The number of ether oxygens (including phenoxy) is 1. The van der Waals surface area contributed by atoms with Gasteiger partial charge in [-0.05, 0) is 12.1 Å². The standard InChI is InChI=1S/C10H12N2O3/c1-12-7(9(13)5-6-11)3-4-8(12)10(14)15-2/h3-4,9,13H,5H2,1-2H3. The summed E-state index contributed by atoms with van der Waals surface area (Å²) in [6, 6.07) is 5.03. The molecule has 0 spiro atoms. The van der Waals surface area contributed by atoms with Crippen LogP contribution in [0.3, 0.4) is 0 Å². The van der Waals surface area contributed by atoms with E-state index >= 15 is 0 Å². The number of hydrogen-bond acceptors (Lipinski definition) is 4. The fourth-order valence-corrected chi connectivity index (χ4v) is 1.36. The minimum Gasteiger partial charge on any atom is -0.464 e. The van der Waals surface area contributed by atoms with Gasteiger partial charge in [0.25, 0.3) is 0 Å². The molecule has 15 heavy (non-hydrogen) atoms. The van der Waals surface area contributed by atoms with E-state index < -0.39 is 12.1 Å². The van der Waals surface area contributed by atoms with E-state index in [9.17, 15) is 9.90 Å². The zero-order chi connectivity index (χ0) is 11.4. The number of carbonyl (C=O) groups excluding carboxylic acids is 1. The molecule has 1 unspecified atom stereocenters. The maximum Gasteiger partial charge on any atom is 0.354 e. The largest absolute Gasteiger partial charge is 0.464 e. The monoisotopic (exact) mass is 208 g/mol. The summed E-state index contributed by atoms with van der Waals surface area (Å²) in [5, 5.41) is 18.0. The molecule has 1 aromatic rings. The van der Waals surface area contributed by atoms with Crippen molar-refractivity contribution in [3.05, 3.63) is 23.5 Å². The van der Waals surface area contributed by atoms with Crippen molar-refractivity contribution in [2.75, 3.05) is 7.11 Å². The van der Waals surface area contributed by atoms with Crippen molar-refractivity contribution in [1.82, 2.24) is 4.57 Å². The lowest BCUT2D eigenvalue weighted by molar-refractivity contribution is 0.0588. The van der Waals surface area contributed by atoms with Gasteiger partial charge < -0.3 is 14.4 Å². The average Bonchev–Trinajstić information content (AvgIpc) is 2.59. The topological polar surface area (TPSA) is 75.2 Å². The van der Waals surface area contributed by atoms with Crippen LogP contribution in [0.15, 0.2) is 12.1 Å². The first kappa shape index (κ1) is 11.3. The highest BCUT2D eigenvalue weighted by Gasteiger charge is 2.17. The van der Waals surface area contributed by atoms with Crippen molar-refractivity contribution in [2.45, 2.75) is 12.5 Å². The molecule has 1 rings (SSSR count). The Morgan fingerprint density at radius 1 is 1.73 bits per heavy atom. The molecule has 0 saturated heterocycles. The molecular weight excluding hydrogens is 196 g/mol. The van der Waals surface area contributed by atoms with Crippen LogP contribution in [0.1, 0.15) is 28.7 Å². The first-order valence-electron chi connectivity index (χ1n) is 4.40. The van der Waals surface area contributed by atoms with Crippen LogP contribution < -0.4 is 0 Å². The second-order valence-corrected chi connectivity index (χ2v) is 3.07. The number of methoxy groups -OCH3 is 1. The van der Waals surface area contributed by atoms with Gasteiger partial charge in [-0.25, -0.2) is 4.79 Å². The molecule has 0 aliphatic heterocycles. The summed E-state index contributed by atoms with van der Waals surface area (Å²) in [5.41, 5.74) is 0.876. The Morgan fingerprint density at radius 3 is 2.93 bits per heavy atom. The second-order valence-electron chi connectivity index (χ2n) is 3.07. The van der Waals surface area contributed by atoms with Crippen LogP contribution in [0.2, 0.25) is 0 Å². The van der Waals surface area contributed by atoms with Crippen LogP contribution in [0.25, 0.3) is 0 Å². The zero-order valence-corrected chi connectivity index (χ0v) is 8.60. The van der Waals surface area contributed by atoms with E-state index in [-0.39, 0.29) is 6.42 Å². The summed E-state index contributed by atoms with van der Waals surface area (Å²) in [6.07, 6.45) is -0.878. The van der Waals surface area contributed by atoms with Crippen LogP contribution in [0, 0.1) is 11.3 Å². The molecule has 0 bridgehead atoms. The fourth-order valence-electron chi connectivity index (χ4n) is 1.36. The van der Waals surface area contributed by atoms with Crippen molar-refractivity contribution in [2.24, 2.45) is 7.05 Å². The molecule has 0 aliphatic carbocycles. The fraction of sp³-hybridized carbons (Fsp3) is 0.400. The van der Waals surface area contributed by atoms with Crippen LogP contribution in [0.4, 0.5) is 0 Å². The Bertz CT molecular complexity index is 403. The number of carbonyl (C=O) groups is 1. The lowest BCUT2D eigenvalue weighted by Crippen LogP contribution is -2.11.